The lowest BCUT2D eigenvalue weighted by Crippen LogP contribution is -2.22. The van der Waals surface area contributed by atoms with Crippen LogP contribution < -0.4 is 10.1 Å². The average molecular weight is 328 g/mol. The van der Waals surface area contributed by atoms with E-state index >= 15 is 0 Å². The van der Waals surface area contributed by atoms with Crippen molar-refractivity contribution < 1.29 is 14.1 Å². The summed E-state index contributed by atoms with van der Waals surface area (Å²) < 4.78 is 9.85. The number of nitrogens with one attached hydrogen (secondary N) is 1. The summed E-state index contributed by atoms with van der Waals surface area (Å²) in [5, 5.41) is 13.2. The second-order valence-electron chi connectivity index (χ2n) is 4.48. The molecule has 0 spiro atoms. The molecule has 1 N–H and O–H groups in total. The number of carbonyl (C=O) groups is 1. The standard InChI is InChI=1S/C13H12N8O3/c1-23-12-5-11(24-19-12)7-16-13(22)9-2-8(6-17-20-14)3-10(4-9)18-21-15/h2-5H,6-7H2,1H3,(H,16,22). The van der Waals surface area contributed by atoms with E-state index in [1.807, 2.05) is 0 Å². The topological polar surface area (TPSA) is 162 Å². The SMILES string of the molecule is COc1cc(CNC(=O)c2cc(CN=[N+]=[N-])cc(N=[N+]=[N-])c2)on1. The maximum atomic E-state index is 12.2. The van der Waals surface area contributed by atoms with Gasteiger partial charge in [-0.25, -0.2) is 0 Å². The highest BCUT2D eigenvalue weighted by Gasteiger charge is 2.10. The number of benzene rings is 1. The molecule has 1 amide bonds. The fourth-order valence-electron chi connectivity index (χ4n) is 1.86. The van der Waals surface area contributed by atoms with Crippen molar-refractivity contribution in [1.29, 1.82) is 0 Å². The number of rotatable bonds is 7. The maximum absolute atomic E-state index is 12.2. The van der Waals surface area contributed by atoms with E-state index < -0.39 is 5.91 Å². The summed E-state index contributed by atoms with van der Waals surface area (Å²) in [6.07, 6.45) is 0. The second kappa shape index (κ2) is 8.08. The molecular weight excluding hydrogens is 316 g/mol. The molecule has 1 aromatic carbocycles. The lowest BCUT2D eigenvalue weighted by Gasteiger charge is -2.06. The van der Waals surface area contributed by atoms with Gasteiger partial charge >= 0.3 is 0 Å². The van der Waals surface area contributed by atoms with Crippen LogP contribution in [0.25, 0.3) is 20.9 Å². The summed E-state index contributed by atoms with van der Waals surface area (Å²) in [4.78, 5) is 17.6. The van der Waals surface area contributed by atoms with Gasteiger partial charge in [0.05, 0.1) is 20.2 Å². The van der Waals surface area contributed by atoms with Crippen LogP contribution in [0.2, 0.25) is 0 Å². The number of hydrogen-bond donors (Lipinski definition) is 1. The van der Waals surface area contributed by atoms with Crippen molar-refractivity contribution in [3.63, 3.8) is 0 Å². The molecule has 0 bridgehead atoms. The van der Waals surface area contributed by atoms with E-state index in [9.17, 15) is 4.79 Å². The number of nitrogens with zero attached hydrogens (tertiary/aromatic N) is 7. The van der Waals surface area contributed by atoms with Crippen LogP contribution in [-0.2, 0) is 13.1 Å². The third-order valence-electron chi connectivity index (χ3n) is 2.89. The van der Waals surface area contributed by atoms with Gasteiger partial charge in [0.15, 0.2) is 5.76 Å². The summed E-state index contributed by atoms with van der Waals surface area (Å²) in [7, 11) is 1.45. The number of amides is 1. The summed E-state index contributed by atoms with van der Waals surface area (Å²) in [6, 6.07) is 6.05. The highest BCUT2D eigenvalue weighted by atomic mass is 16.5. The minimum Gasteiger partial charge on any atom is -0.479 e. The van der Waals surface area contributed by atoms with Crippen LogP contribution in [0.15, 0.2) is 39.0 Å². The molecule has 0 aliphatic heterocycles. The Morgan fingerprint density at radius 3 is 2.83 bits per heavy atom. The molecule has 0 unspecified atom stereocenters. The van der Waals surface area contributed by atoms with Crippen LogP contribution in [0.4, 0.5) is 5.69 Å². The lowest BCUT2D eigenvalue weighted by molar-refractivity contribution is 0.0947. The molecule has 1 aromatic heterocycles. The minimum absolute atomic E-state index is 0.0326. The first-order valence-electron chi connectivity index (χ1n) is 6.64. The van der Waals surface area contributed by atoms with E-state index in [1.54, 1.807) is 12.1 Å². The molecule has 0 radical (unpaired) electrons. The van der Waals surface area contributed by atoms with Crippen molar-refractivity contribution in [2.24, 2.45) is 10.2 Å². The molecule has 1 heterocycles. The van der Waals surface area contributed by atoms with Crippen molar-refractivity contribution in [2.45, 2.75) is 13.1 Å². The number of methoxy groups -OCH3 is 1. The van der Waals surface area contributed by atoms with E-state index in [4.69, 9.17) is 20.3 Å². The Kier molecular flexibility index (Phi) is 5.62. The molecule has 0 fully saturated rings. The van der Waals surface area contributed by atoms with Crippen LogP contribution in [0.5, 0.6) is 5.88 Å². The molecule has 122 valence electrons. The van der Waals surface area contributed by atoms with Crippen molar-refractivity contribution >= 4 is 11.6 Å². The van der Waals surface area contributed by atoms with Crippen molar-refractivity contribution in [3.05, 3.63) is 62.0 Å². The molecule has 11 heteroatoms. The quantitative estimate of drug-likeness (QED) is 0.468. The summed E-state index contributed by atoms with van der Waals surface area (Å²) in [5.74, 6) is 0.310. The van der Waals surface area contributed by atoms with Gasteiger partial charge in [0.1, 0.15) is 0 Å². The predicted octanol–water partition coefficient (Wildman–Crippen LogP) is 3.37. The van der Waals surface area contributed by atoms with Crippen molar-refractivity contribution in [1.82, 2.24) is 10.5 Å². The minimum atomic E-state index is -0.414. The molecular formula is C13H12N8O3. The monoisotopic (exact) mass is 328 g/mol. The molecule has 0 atom stereocenters. The van der Waals surface area contributed by atoms with Gasteiger partial charge in [-0.3, -0.25) is 4.79 Å². The summed E-state index contributed by atoms with van der Waals surface area (Å²) >= 11 is 0. The molecule has 24 heavy (non-hydrogen) atoms. The Hall–Kier alpha value is -3.68. The van der Waals surface area contributed by atoms with Gasteiger partial charge in [-0.15, -0.1) is 0 Å². The molecule has 11 nitrogen and oxygen atoms in total. The van der Waals surface area contributed by atoms with Gasteiger partial charge in [0.25, 0.3) is 11.8 Å². The van der Waals surface area contributed by atoms with E-state index in [-0.39, 0.29) is 24.3 Å². The van der Waals surface area contributed by atoms with Gasteiger partial charge < -0.3 is 14.6 Å². The van der Waals surface area contributed by atoms with E-state index in [1.165, 1.54) is 19.2 Å². The lowest BCUT2D eigenvalue weighted by atomic mass is 10.1. The van der Waals surface area contributed by atoms with Gasteiger partial charge in [-0.1, -0.05) is 10.2 Å². The fourth-order valence-corrected chi connectivity index (χ4v) is 1.86. The van der Waals surface area contributed by atoms with Gasteiger partial charge in [-0.2, -0.15) is 0 Å². The molecule has 2 aromatic rings. The van der Waals surface area contributed by atoms with Crippen LogP contribution in [0.1, 0.15) is 21.7 Å². The molecule has 0 saturated carbocycles. The number of ether oxygens (including phenoxy) is 1. The third-order valence-corrected chi connectivity index (χ3v) is 2.89. The van der Waals surface area contributed by atoms with Crippen LogP contribution in [0, 0.1) is 0 Å². The smallest absolute Gasteiger partial charge is 0.254 e. The van der Waals surface area contributed by atoms with Crippen molar-refractivity contribution in [3.8, 4) is 5.88 Å². The second-order valence-corrected chi connectivity index (χ2v) is 4.48. The first-order chi connectivity index (χ1) is 11.7. The van der Waals surface area contributed by atoms with Gasteiger partial charge in [0.2, 0.25) is 0 Å². The average Bonchev–Trinajstić information content (AvgIpc) is 3.06. The Balaban J connectivity index is 2.15. The summed E-state index contributed by atoms with van der Waals surface area (Å²) in [6.45, 7) is 0.136. The van der Waals surface area contributed by atoms with E-state index in [2.05, 4.69) is 30.5 Å². The first kappa shape index (κ1) is 16.7. The molecule has 2 rings (SSSR count). The fraction of sp³-hybridized carbons (Fsp3) is 0.231. The highest BCUT2D eigenvalue weighted by molar-refractivity contribution is 5.95. The van der Waals surface area contributed by atoms with E-state index in [0.717, 1.165) is 0 Å². The number of carbonyl (C=O) groups excluding carboxylic acids is 1. The van der Waals surface area contributed by atoms with Crippen molar-refractivity contribution in [2.75, 3.05) is 7.11 Å². The number of aromatic nitrogens is 1. The number of azide groups is 2. The largest absolute Gasteiger partial charge is 0.479 e. The zero-order valence-corrected chi connectivity index (χ0v) is 12.6. The van der Waals surface area contributed by atoms with Gasteiger partial charge in [-0.05, 0) is 40.0 Å². The van der Waals surface area contributed by atoms with Crippen LogP contribution in [-0.4, -0.2) is 18.2 Å². The zero-order chi connectivity index (χ0) is 17.4. The Morgan fingerprint density at radius 1 is 1.33 bits per heavy atom. The highest BCUT2D eigenvalue weighted by Crippen LogP contribution is 2.19. The van der Waals surface area contributed by atoms with Crippen LogP contribution in [0.3, 0.4) is 0 Å². The van der Waals surface area contributed by atoms with E-state index in [0.29, 0.717) is 17.2 Å². The molecule has 0 aliphatic rings. The first-order valence-corrected chi connectivity index (χ1v) is 6.64. The zero-order valence-electron chi connectivity index (χ0n) is 12.6. The Bertz CT molecular complexity index is 833. The van der Waals surface area contributed by atoms with Gasteiger partial charge in [0, 0.05) is 27.1 Å². The normalized spacial score (nSPS) is 9.54. The number of hydrogen-bond acceptors (Lipinski definition) is 6. The summed E-state index contributed by atoms with van der Waals surface area (Å²) in [5.41, 5.74) is 18.0. The Labute approximate surface area is 135 Å². The molecule has 0 saturated heterocycles. The third kappa shape index (κ3) is 4.41. The molecule has 0 aliphatic carbocycles. The van der Waals surface area contributed by atoms with Crippen LogP contribution >= 0.6 is 0 Å². The predicted molar refractivity (Wildman–Crippen MR) is 82.3 cm³/mol. The Morgan fingerprint density at radius 2 is 2.17 bits per heavy atom. The maximum Gasteiger partial charge on any atom is 0.254 e.